The van der Waals surface area contributed by atoms with E-state index in [1.807, 2.05) is 0 Å². The molecule has 21 heavy (non-hydrogen) atoms. The summed E-state index contributed by atoms with van der Waals surface area (Å²) in [6.07, 6.45) is 5.22. The summed E-state index contributed by atoms with van der Waals surface area (Å²) in [5, 5.41) is 3.90. The molecular weight excluding hydrogens is 260 g/mol. The van der Waals surface area contributed by atoms with Crippen molar-refractivity contribution in [3.05, 3.63) is 0 Å². The monoisotopic (exact) mass is 296 g/mol. The van der Waals surface area contributed by atoms with Crippen molar-refractivity contribution in [2.45, 2.75) is 83.9 Å². The number of nitrogens with one attached hydrogen (secondary N) is 1. The van der Waals surface area contributed by atoms with Crippen LogP contribution < -0.4 is 5.32 Å². The maximum atomic E-state index is 6.00. The van der Waals surface area contributed by atoms with Gasteiger partial charge in [0.15, 0.2) is 0 Å². The molecule has 1 N–H and O–H groups in total. The van der Waals surface area contributed by atoms with Crippen LogP contribution in [0.5, 0.6) is 0 Å². The van der Waals surface area contributed by atoms with Gasteiger partial charge in [-0.3, -0.25) is 4.90 Å². The van der Waals surface area contributed by atoms with E-state index in [0.29, 0.717) is 11.1 Å². The second-order valence-corrected chi connectivity index (χ2v) is 8.35. The zero-order valence-corrected chi connectivity index (χ0v) is 15.1. The largest absolute Gasteiger partial charge is 0.375 e. The number of ether oxygens (including phenoxy) is 1. The Labute approximate surface area is 131 Å². The molecule has 1 atom stereocenters. The summed E-state index contributed by atoms with van der Waals surface area (Å²) >= 11 is 0. The van der Waals surface area contributed by atoms with Crippen molar-refractivity contribution in [3.63, 3.8) is 0 Å². The predicted molar refractivity (Wildman–Crippen MR) is 89.7 cm³/mol. The zero-order chi connectivity index (χ0) is 15.7. The van der Waals surface area contributed by atoms with E-state index in [1.165, 1.54) is 32.2 Å². The Hall–Kier alpha value is -0.120. The van der Waals surface area contributed by atoms with Gasteiger partial charge in [0, 0.05) is 30.7 Å². The molecular formula is C18H36N2O. The quantitative estimate of drug-likeness (QED) is 0.812. The molecule has 1 saturated heterocycles. The van der Waals surface area contributed by atoms with E-state index in [2.05, 4.69) is 51.8 Å². The summed E-state index contributed by atoms with van der Waals surface area (Å²) in [6.45, 7) is 17.7. The molecule has 0 radical (unpaired) electrons. The van der Waals surface area contributed by atoms with E-state index >= 15 is 0 Å². The Balaban J connectivity index is 2.03. The molecule has 1 unspecified atom stereocenters. The minimum absolute atomic E-state index is 0.0311. The van der Waals surface area contributed by atoms with Gasteiger partial charge in [-0.05, 0) is 59.3 Å². The van der Waals surface area contributed by atoms with Gasteiger partial charge in [-0.15, -0.1) is 0 Å². The summed E-state index contributed by atoms with van der Waals surface area (Å²) in [7, 11) is 0. The molecule has 1 saturated carbocycles. The van der Waals surface area contributed by atoms with Crippen molar-refractivity contribution >= 4 is 0 Å². The molecule has 3 heteroatoms. The van der Waals surface area contributed by atoms with Crippen molar-refractivity contribution in [2.75, 3.05) is 26.2 Å². The van der Waals surface area contributed by atoms with Gasteiger partial charge in [0.1, 0.15) is 0 Å². The van der Waals surface area contributed by atoms with E-state index in [9.17, 15) is 0 Å². The first kappa shape index (κ1) is 17.2. The molecule has 3 nitrogen and oxygen atoms in total. The smallest absolute Gasteiger partial charge is 0.0600 e. The van der Waals surface area contributed by atoms with Crippen molar-refractivity contribution in [1.82, 2.24) is 10.2 Å². The molecule has 2 aliphatic rings. The number of hydrogen-bond acceptors (Lipinski definition) is 3. The predicted octanol–water partition coefficient (Wildman–Crippen LogP) is 3.43. The number of rotatable bonds is 6. The first-order valence-corrected chi connectivity index (χ1v) is 8.89. The Kier molecular flexibility index (Phi) is 5.07. The Morgan fingerprint density at radius 1 is 1.19 bits per heavy atom. The van der Waals surface area contributed by atoms with Gasteiger partial charge in [-0.2, -0.15) is 0 Å². The van der Waals surface area contributed by atoms with E-state index in [-0.39, 0.29) is 5.60 Å². The fourth-order valence-corrected chi connectivity index (χ4v) is 3.71. The molecule has 0 bridgehead atoms. The van der Waals surface area contributed by atoms with Crippen LogP contribution in [0.3, 0.4) is 0 Å². The highest BCUT2D eigenvalue weighted by atomic mass is 16.5. The van der Waals surface area contributed by atoms with E-state index < -0.39 is 0 Å². The molecule has 2 fully saturated rings. The Bertz CT molecular complexity index is 342. The van der Waals surface area contributed by atoms with Crippen LogP contribution in [-0.2, 0) is 4.74 Å². The van der Waals surface area contributed by atoms with E-state index in [0.717, 1.165) is 25.6 Å². The lowest BCUT2D eigenvalue weighted by Gasteiger charge is -2.54. The van der Waals surface area contributed by atoms with Crippen LogP contribution >= 0.6 is 0 Å². The normalized spacial score (nSPS) is 30.6. The SMILES string of the molecule is CCC1(CC)CN(CCOC(C)(C)C)C(C)(C2CC2)CN1. The summed E-state index contributed by atoms with van der Waals surface area (Å²) in [5.74, 6) is 0.881. The van der Waals surface area contributed by atoms with Crippen LogP contribution in [0.4, 0.5) is 0 Å². The molecule has 1 heterocycles. The highest BCUT2D eigenvalue weighted by Crippen LogP contribution is 2.45. The molecule has 124 valence electrons. The number of piperazine rings is 1. The fourth-order valence-electron chi connectivity index (χ4n) is 3.71. The van der Waals surface area contributed by atoms with Gasteiger partial charge in [-0.1, -0.05) is 13.8 Å². The lowest BCUT2D eigenvalue weighted by atomic mass is 9.82. The molecule has 0 spiro atoms. The molecule has 0 aromatic rings. The third-order valence-corrected chi connectivity index (χ3v) is 5.74. The molecule has 0 amide bonds. The van der Waals surface area contributed by atoms with Crippen molar-refractivity contribution < 1.29 is 4.74 Å². The average Bonchev–Trinajstić information content (AvgIpc) is 3.25. The van der Waals surface area contributed by atoms with Crippen LogP contribution in [0.25, 0.3) is 0 Å². The maximum Gasteiger partial charge on any atom is 0.0600 e. The van der Waals surface area contributed by atoms with Crippen LogP contribution in [0.15, 0.2) is 0 Å². The van der Waals surface area contributed by atoms with Gasteiger partial charge in [0.05, 0.1) is 12.2 Å². The first-order chi connectivity index (χ1) is 9.75. The van der Waals surface area contributed by atoms with Crippen LogP contribution in [0, 0.1) is 5.92 Å². The third-order valence-electron chi connectivity index (χ3n) is 5.74. The Morgan fingerprint density at radius 2 is 1.81 bits per heavy atom. The van der Waals surface area contributed by atoms with Gasteiger partial charge < -0.3 is 10.1 Å². The molecule has 2 rings (SSSR count). The number of hydrogen-bond donors (Lipinski definition) is 1. The van der Waals surface area contributed by atoms with Crippen LogP contribution in [-0.4, -0.2) is 47.8 Å². The van der Waals surface area contributed by atoms with E-state index in [4.69, 9.17) is 4.74 Å². The lowest BCUT2D eigenvalue weighted by Crippen LogP contribution is -2.70. The standard InChI is InChI=1S/C18H36N2O/c1-7-18(8-2)14-20(11-12-21-16(3,4)5)17(6,13-19-18)15-9-10-15/h15,19H,7-14H2,1-6H3. The molecule has 1 aliphatic carbocycles. The van der Waals surface area contributed by atoms with Gasteiger partial charge in [0.25, 0.3) is 0 Å². The topological polar surface area (TPSA) is 24.5 Å². The minimum atomic E-state index is -0.0311. The van der Waals surface area contributed by atoms with Gasteiger partial charge in [-0.25, -0.2) is 0 Å². The zero-order valence-electron chi connectivity index (χ0n) is 15.1. The van der Waals surface area contributed by atoms with Gasteiger partial charge in [0.2, 0.25) is 0 Å². The Morgan fingerprint density at radius 3 is 2.29 bits per heavy atom. The average molecular weight is 296 g/mol. The summed E-state index contributed by atoms with van der Waals surface area (Å²) in [5.41, 5.74) is 0.599. The maximum absolute atomic E-state index is 6.00. The summed E-state index contributed by atoms with van der Waals surface area (Å²) in [4.78, 5) is 2.74. The van der Waals surface area contributed by atoms with Crippen molar-refractivity contribution in [2.24, 2.45) is 5.92 Å². The lowest BCUT2D eigenvalue weighted by molar-refractivity contribution is -0.0532. The molecule has 1 aliphatic heterocycles. The summed E-state index contributed by atoms with van der Waals surface area (Å²) < 4.78 is 6.00. The summed E-state index contributed by atoms with van der Waals surface area (Å²) in [6, 6.07) is 0. The third kappa shape index (κ3) is 4.00. The van der Waals surface area contributed by atoms with Crippen LogP contribution in [0.2, 0.25) is 0 Å². The van der Waals surface area contributed by atoms with Crippen molar-refractivity contribution in [3.8, 4) is 0 Å². The van der Waals surface area contributed by atoms with E-state index in [1.54, 1.807) is 0 Å². The second kappa shape index (κ2) is 6.17. The minimum Gasteiger partial charge on any atom is -0.375 e. The fraction of sp³-hybridized carbons (Fsp3) is 1.00. The highest BCUT2D eigenvalue weighted by molar-refractivity contribution is 5.08. The van der Waals surface area contributed by atoms with Gasteiger partial charge >= 0.3 is 0 Å². The van der Waals surface area contributed by atoms with Crippen molar-refractivity contribution in [1.29, 1.82) is 0 Å². The first-order valence-electron chi connectivity index (χ1n) is 8.89. The number of nitrogens with zero attached hydrogens (tertiary/aromatic N) is 1. The molecule has 0 aromatic heterocycles. The van der Waals surface area contributed by atoms with Crippen LogP contribution in [0.1, 0.15) is 67.2 Å². The second-order valence-electron chi connectivity index (χ2n) is 8.35. The molecule has 0 aromatic carbocycles. The highest BCUT2D eigenvalue weighted by Gasteiger charge is 2.50.